The van der Waals surface area contributed by atoms with Crippen LogP contribution in [-0.2, 0) is 11.2 Å². The molecule has 2 aliphatic heterocycles. The van der Waals surface area contributed by atoms with Gasteiger partial charge in [-0.3, -0.25) is 34.9 Å². The summed E-state index contributed by atoms with van der Waals surface area (Å²) >= 11 is 0.551. The number of thioether (sulfide) groups is 1. The minimum atomic E-state index is -2.90. The molecule has 2 aromatic rings. The molecule has 0 bridgehead atoms. The average molecular weight is 623 g/mol. The summed E-state index contributed by atoms with van der Waals surface area (Å²) in [4.78, 5) is 42.1. The molecular weight excluding hydrogens is 592 g/mol. The zero-order valence-corrected chi connectivity index (χ0v) is 24.2. The molecule has 0 radical (unpaired) electrons. The summed E-state index contributed by atoms with van der Waals surface area (Å²) in [5.41, 5.74) is -2.56. The van der Waals surface area contributed by atoms with Gasteiger partial charge in [-0.05, 0) is 37.3 Å². The fourth-order valence-corrected chi connectivity index (χ4v) is 6.90. The van der Waals surface area contributed by atoms with Crippen LogP contribution in [0.25, 0.3) is 0 Å². The molecule has 10 nitrogen and oxygen atoms in total. The van der Waals surface area contributed by atoms with Crippen LogP contribution in [-0.4, -0.2) is 80.3 Å². The van der Waals surface area contributed by atoms with Crippen LogP contribution >= 0.6 is 11.8 Å². The molecule has 3 N–H and O–H groups in total. The molecule has 2 amide bonds. The summed E-state index contributed by atoms with van der Waals surface area (Å²) in [5.74, 6) is -6.88. The van der Waals surface area contributed by atoms with Crippen molar-refractivity contribution in [2.75, 3.05) is 32.2 Å². The Morgan fingerprint density at radius 1 is 1.12 bits per heavy atom. The second-order valence-electron chi connectivity index (χ2n) is 11.2. The van der Waals surface area contributed by atoms with Crippen LogP contribution in [0.2, 0.25) is 0 Å². The first-order chi connectivity index (χ1) is 20.1. The normalized spacial score (nSPS) is 23.1. The van der Waals surface area contributed by atoms with E-state index in [0.29, 0.717) is 43.5 Å². The lowest BCUT2D eigenvalue weighted by molar-refractivity contribution is -0.138. The number of nitrogens with zero attached hydrogens (tertiary/aromatic N) is 4. The fraction of sp³-hybridized carbons (Fsp3) is 0.464. The minimum absolute atomic E-state index is 0.00511. The monoisotopic (exact) mass is 622 g/mol. The number of halogens is 4. The SMILES string of the molecule is CN1C(=O)c2c(O)c(=O)c(C(=N)SC(=N)Cc3ccc(F)cc3F)cn2N(C)C12CCC(C(=O)N1CCC(F)(F)C1)CC2. The molecule has 15 heteroatoms. The van der Waals surface area contributed by atoms with Crippen molar-refractivity contribution in [3.63, 3.8) is 0 Å². The molecule has 1 saturated carbocycles. The second-order valence-corrected chi connectivity index (χ2v) is 12.3. The maximum absolute atomic E-state index is 14.1. The van der Waals surface area contributed by atoms with Crippen LogP contribution in [0.3, 0.4) is 0 Å². The summed E-state index contributed by atoms with van der Waals surface area (Å²) in [6, 6.07) is 2.91. The van der Waals surface area contributed by atoms with Gasteiger partial charge < -0.3 is 14.9 Å². The van der Waals surface area contributed by atoms with E-state index in [1.165, 1.54) is 33.8 Å². The quantitative estimate of drug-likeness (QED) is 0.272. The van der Waals surface area contributed by atoms with E-state index < -0.39 is 57.8 Å². The van der Waals surface area contributed by atoms with Gasteiger partial charge in [-0.25, -0.2) is 17.6 Å². The van der Waals surface area contributed by atoms with Gasteiger partial charge in [0.05, 0.1) is 17.2 Å². The van der Waals surface area contributed by atoms with Crippen molar-refractivity contribution in [1.29, 1.82) is 10.8 Å². The smallest absolute Gasteiger partial charge is 0.278 e. The van der Waals surface area contributed by atoms with Gasteiger partial charge >= 0.3 is 0 Å². The van der Waals surface area contributed by atoms with E-state index in [1.807, 2.05) is 0 Å². The average Bonchev–Trinajstić information content (AvgIpc) is 3.33. The van der Waals surface area contributed by atoms with Crippen LogP contribution < -0.4 is 10.4 Å². The van der Waals surface area contributed by atoms with E-state index in [0.717, 1.165) is 6.07 Å². The first kappa shape index (κ1) is 30.6. The molecule has 1 aromatic carbocycles. The van der Waals surface area contributed by atoms with E-state index >= 15 is 0 Å². The molecule has 3 heterocycles. The number of aromatic nitrogens is 1. The number of carbonyl (C=O) groups excluding carboxylic acids is 2. The summed E-state index contributed by atoms with van der Waals surface area (Å²) in [7, 11) is 3.16. The lowest BCUT2D eigenvalue weighted by atomic mass is 9.79. The van der Waals surface area contributed by atoms with Gasteiger partial charge in [-0.2, -0.15) is 0 Å². The Hall–Kier alpha value is -3.88. The third-order valence-corrected chi connectivity index (χ3v) is 9.49. The van der Waals surface area contributed by atoms with Crippen molar-refractivity contribution in [3.8, 4) is 5.75 Å². The van der Waals surface area contributed by atoms with Gasteiger partial charge in [-0.15, -0.1) is 0 Å². The topological polar surface area (TPSA) is 134 Å². The summed E-state index contributed by atoms with van der Waals surface area (Å²) in [6.07, 6.45) is 1.84. The standard InChI is InChI=1S/C28H30F4N6O4S/c1-35-26(42)21-23(40)22(39)18(24(34)43-20(33)11-16-3-4-17(29)12-19(16)30)13-38(21)36(2)28(35)7-5-15(6-8-28)25(41)37-10-9-27(31,32)14-37/h3-4,12-13,15,33-34,40H,5-11,14H2,1-2H3. The van der Waals surface area contributed by atoms with Crippen LogP contribution in [0, 0.1) is 28.4 Å². The number of nitrogens with one attached hydrogen (secondary N) is 2. The van der Waals surface area contributed by atoms with Gasteiger partial charge in [0.1, 0.15) is 22.3 Å². The highest BCUT2D eigenvalue weighted by molar-refractivity contribution is 8.26. The molecule has 3 aliphatic rings. The van der Waals surface area contributed by atoms with Gasteiger partial charge in [-0.1, -0.05) is 17.8 Å². The number of amides is 2. The van der Waals surface area contributed by atoms with Crippen LogP contribution in [0.5, 0.6) is 5.75 Å². The highest BCUT2D eigenvalue weighted by atomic mass is 32.2. The maximum atomic E-state index is 14.1. The van der Waals surface area contributed by atoms with E-state index in [9.17, 15) is 37.1 Å². The Bertz CT molecular complexity index is 1590. The number of benzene rings is 1. The van der Waals surface area contributed by atoms with Crippen molar-refractivity contribution < 1.29 is 32.3 Å². The van der Waals surface area contributed by atoms with E-state index in [-0.39, 0.29) is 47.2 Å². The van der Waals surface area contributed by atoms with Gasteiger partial charge in [0, 0.05) is 51.7 Å². The third kappa shape index (κ3) is 5.38. The van der Waals surface area contributed by atoms with Gasteiger partial charge in [0.25, 0.3) is 11.8 Å². The number of pyridine rings is 1. The predicted molar refractivity (Wildman–Crippen MR) is 152 cm³/mol. The highest BCUT2D eigenvalue weighted by Crippen LogP contribution is 2.42. The molecule has 2 fully saturated rings. The maximum Gasteiger partial charge on any atom is 0.278 e. The Morgan fingerprint density at radius 2 is 1.79 bits per heavy atom. The number of carbonyl (C=O) groups is 2. The molecular formula is C28H30F4N6O4S. The molecule has 230 valence electrons. The van der Waals surface area contributed by atoms with Crippen LogP contribution in [0.15, 0.2) is 29.2 Å². The molecule has 1 aromatic heterocycles. The number of rotatable bonds is 4. The minimum Gasteiger partial charge on any atom is -0.502 e. The van der Waals surface area contributed by atoms with E-state index in [4.69, 9.17) is 10.8 Å². The zero-order chi connectivity index (χ0) is 31.4. The van der Waals surface area contributed by atoms with Crippen molar-refractivity contribution in [1.82, 2.24) is 14.5 Å². The molecule has 43 heavy (non-hydrogen) atoms. The molecule has 5 rings (SSSR count). The molecule has 0 unspecified atom stereocenters. The lowest BCUT2D eigenvalue weighted by Crippen LogP contribution is -2.69. The molecule has 1 spiro atoms. The number of aromatic hydroxyl groups is 1. The fourth-order valence-electron chi connectivity index (χ4n) is 6.17. The van der Waals surface area contributed by atoms with Crippen molar-refractivity contribution >= 4 is 33.7 Å². The Morgan fingerprint density at radius 3 is 2.40 bits per heavy atom. The molecule has 0 atom stereocenters. The third-order valence-electron chi connectivity index (χ3n) is 8.67. The number of fused-ring (bicyclic) bond motifs is 1. The van der Waals surface area contributed by atoms with Crippen molar-refractivity contribution in [2.45, 2.75) is 50.1 Å². The van der Waals surface area contributed by atoms with Gasteiger partial charge in [0.15, 0.2) is 11.4 Å². The largest absolute Gasteiger partial charge is 0.502 e. The lowest BCUT2D eigenvalue weighted by Gasteiger charge is -2.55. The number of alkyl halides is 2. The second kappa shape index (κ2) is 11.0. The van der Waals surface area contributed by atoms with Crippen molar-refractivity contribution in [2.24, 2.45) is 5.92 Å². The Balaban J connectivity index is 1.37. The first-order valence-corrected chi connectivity index (χ1v) is 14.4. The van der Waals surface area contributed by atoms with Crippen LogP contribution in [0.1, 0.15) is 53.7 Å². The molecule has 1 saturated heterocycles. The Kier molecular flexibility index (Phi) is 7.82. The summed E-state index contributed by atoms with van der Waals surface area (Å²) in [5, 5.41) is 28.5. The number of hydrogen-bond acceptors (Lipinski definition) is 8. The highest BCUT2D eigenvalue weighted by Gasteiger charge is 2.52. The predicted octanol–water partition coefficient (Wildman–Crippen LogP) is 3.52. The zero-order valence-electron chi connectivity index (χ0n) is 23.4. The van der Waals surface area contributed by atoms with Crippen molar-refractivity contribution in [3.05, 3.63) is 63.1 Å². The van der Waals surface area contributed by atoms with E-state index in [1.54, 1.807) is 12.1 Å². The first-order valence-electron chi connectivity index (χ1n) is 13.6. The van der Waals surface area contributed by atoms with Gasteiger partial charge in [0.2, 0.25) is 11.3 Å². The number of hydrogen-bond donors (Lipinski definition) is 3. The molecule has 1 aliphatic carbocycles. The number of likely N-dealkylation sites (tertiary alicyclic amines) is 1. The summed E-state index contributed by atoms with van der Waals surface area (Å²) in [6.45, 7) is -0.607. The van der Waals surface area contributed by atoms with Crippen LogP contribution in [0.4, 0.5) is 17.6 Å². The Labute approximate surface area is 248 Å². The van der Waals surface area contributed by atoms with E-state index in [2.05, 4.69) is 0 Å². The summed E-state index contributed by atoms with van der Waals surface area (Å²) < 4.78 is 56.0.